The van der Waals surface area contributed by atoms with Gasteiger partial charge in [-0.2, -0.15) is 4.98 Å². The van der Waals surface area contributed by atoms with Gasteiger partial charge < -0.3 is 24.6 Å². The normalized spacial score (nSPS) is 16.8. The average molecular weight is 541 g/mol. The molecule has 1 aliphatic heterocycles. The Labute approximate surface area is 232 Å². The number of likely N-dealkylation sites (N-methyl/N-ethyl adjacent to an activating group) is 1. The van der Waals surface area contributed by atoms with E-state index in [2.05, 4.69) is 10.3 Å². The van der Waals surface area contributed by atoms with Gasteiger partial charge in [0.25, 0.3) is 6.01 Å². The molecule has 2 N–H and O–H groups in total. The summed E-state index contributed by atoms with van der Waals surface area (Å²) in [5.74, 6) is -2.10. The molecule has 5 rings (SSSR count). The van der Waals surface area contributed by atoms with E-state index in [1.807, 2.05) is 74.5 Å². The highest BCUT2D eigenvalue weighted by atomic mass is 16.4. The molecule has 0 aliphatic carbocycles. The van der Waals surface area contributed by atoms with Crippen molar-refractivity contribution in [1.82, 2.24) is 9.88 Å². The summed E-state index contributed by atoms with van der Waals surface area (Å²) in [5.41, 5.74) is 6.76. The summed E-state index contributed by atoms with van der Waals surface area (Å²) in [7, 11) is 1.71. The second-order valence-corrected chi connectivity index (χ2v) is 10.4. The van der Waals surface area contributed by atoms with E-state index in [4.69, 9.17) is 4.42 Å². The monoisotopic (exact) mass is 540 g/mol. The van der Waals surface area contributed by atoms with Crippen LogP contribution in [0.5, 0.6) is 0 Å². The number of rotatable bonds is 7. The maximum atomic E-state index is 13.1. The molecule has 9 heteroatoms. The van der Waals surface area contributed by atoms with E-state index >= 15 is 0 Å². The fraction of sp³-hybridized carbons (Fsp3) is 0.290. The summed E-state index contributed by atoms with van der Waals surface area (Å²) in [4.78, 5) is 44.4. The minimum atomic E-state index is -0.915. The molecule has 0 radical (unpaired) electrons. The first-order valence-electron chi connectivity index (χ1n) is 13.2. The van der Waals surface area contributed by atoms with Crippen LogP contribution in [-0.2, 0) is 20.8 Å². The third-order valence-electron chi connectivity index (χ3n) is 7.69. The molecule has 3 aromatic carbocycles. The largest absolute Gasteiger partial charge is 0.481 e. The summed E-state index contributed by atoms with van der Waals surface area (Å²) >= 11 is 0. The van der Waals surface area contributed by atoms with Crippen LogP contribution >= 0.6 is 0 Å². The Morgan fingerprint density at radius 2 is 1.75 bits per heavy atom. The minimum absolute atomic E-state index is 0.104. The van der Waals surface area contributed by atoms with Crippen molar-refractivity contribution in [2.45, 2.75) is 33.1 Å². The second kappa shape index (κ2) is 10.8. The number of carbonyl (C=O) groups excluding carboxylic acids is 2. The molecule has 1 saturated heterocycles. The molecule has 2 atom stereocenters. The molecular formula is C31H32N4O5. The van der Waals surface area contributed by atoms with Crippen molar-refractivity contribution in [3.05, 3.63) is 82.9 Å². The molecule has 40 heavy (non-hydrogen) atoms. The predicted molar refractivity (Wildman–Crippen MR) is 153 cm³/mol. The second-order valence-electron chi connectivity index (χ2n) is 10.4. The number of oxazole rings is 1. The molecule has 2 heterocycles. The molecule has 4 aromatic rings. The Morgan fingerprint density at radius 3 is 2.40 bits per heavy atom. The lowest BCUT2D eigenvalue weighted by Crippen LogP contribution is -2.28. The number of aryl methyl sites for hydroxylation is 2. The summed E-state index contributed by atoms with van der Waals surface area (Å²) in [6.07, 6.45) is 0.172. The molecule has 0 spiro atoms. The van der Waals surface area contributed by atoms with Crippen LogP contribution in [0, 0.1) is 19.8 Å². The molecule has 206 valence electrons. The zero-order valence-corrected chi connectivity index (χ0v) is 23.0. The first kappa shape index (κ1) is 26.9. The van der Waals surface area contributed by atoms with Crippen molar-refractivity contribution in [3.8, 4) is 0 Å². The summed E-state index contributed by atoms with van der Waals surface area (Å²) in [6.45, 7) is 6.07. The number of anilines is 3. The number of carboxylic acids is 1. The highest BCUT2D eigenvalue weighted by molar-refractivity contribution is 5.94. The van der Waals surface area contributed by atoms with Gasteiger partial charge in [-0.05, 0) is 60.4 Å². The third-order valence-corrected chi connectivity index (χ3v) is 7.69. The van der Waals surface area contributed by atoms with Crippen LogP contribution in [0.3, 0.4) is 0 Å². The number of hydrogen-bond donors (Lipinski definition) is 2. The van der Waals surface area contributed by atoms with Crippen molar-refractivity contribution in [2.24, 2.45) is 5.92 Å². The lowest BCUT2D eigenvalue weighted by atomic mass is 9.89. The number of fused-ring (bicyclic) bond motifs is 1. The molecule has 1 aliphatic rings. The van der Waals surface area contributed by atoms with Crippen molar-refractivity contribution < 1.29 is 23.9 Å². The van der Waals surface area contributed by atoms with Gasteiger partial charge in [0.2, 0.25) is 11.8 Å². The van der Waals surface area contributed by atoms with Crippen LogP contribution in [0.2, 0.25) is 0 Å². The Hall–Kier alpha value is -4.66. The van der Waals surface area contributed by atoms with E-state index in [1.54, 1.807) is 16.8 Å². The summed E-state index contributed by atoms with van der Waals surface area (Å²) < 4.78 is 5.95. The topological polar surface area (TPSA) is 116 Å². The first-order valence-corrected chi connectivity index (χ1v) is 13.2. The maximum absolute atomic E-state index is 13.1. The van der Waals surface area contributed by atoms with E-state index in [-0.39, 0.29) is 30.7 Å². The van der Waals surface area contributed by atoms with Crippen molar-refractivity contribution in [2.75, 3.05) is 30.4 Å². The fourth-order valence-electron chi connectivity index (χ4n) is 5.28. The number of benzene rings is 3. The van der Waals surface area contributed by atoms with Crippen LogP contribution in [0.15, 0.2) is 65.1 Å². The van der Waals surface area contributed by atoms with Gasteiger partial charge >= 0.3 is 5.97 Å². The fourth-order valence-corrected chi connectivity index (χ4v) is 5.28. The predicted octanol–water partition coefficient (Wildman–Crippen LogP) is 5.04. The van der Waals surface area contributed by atoms with E-state index in [1.165, 1.54) is 6.92 Å². The van der Waals surface area contributed by atoms with Gasteiger partial charge in [-0.25, -0.2) is 0 Å². The quantitative estimate of drug-likeness (QED) is 0.337. The smallest absolute Gasteiger partial charge is 0.308 e. The average Bonchev–Trinajstić information content (AvgIpc) is 3.55. The molecule has 0 saturated carbocycles. The molecule has 0 bridgehead atoms. The van der Waals surface area contributed by atoms with E-state index in [9.17, 15) is 19.5 Å². The number of carboxylic acid groups (broad SMARTS) is 1. The Bertz CT molecular complexity index is 1570. The highest BCUT2D eigenvalue weighted by Gasteiger charge is 2.39. The number of carbonyl (C=O) groups is 3. The standard InChI is InChI=1S/C31H32N4O5/c1-18-6-5-7-19(2)29(18)33-31-32-26-13-8-21(14-27(26)40-31)15-28(37)34(4)23-11-9-22(10-12-23)24-16-35(20(3)36)17-25(24)30(38)39/h5-14,24-25H,15-17H2,1-4H3,(H,32,33)(H,38,39). The van der Waals surface area contributed by atoms with Gasteiger partial charge in [-0.15, -0.1) is 0 Å². The summed E-state index contributed by atoms with van der Waals surface area (Å²) in [6, 6.07) is 19.3. The van der Waals surface area contributed by atoms with Gasteiger partial charge in [-0.3, -0.25) is 14.4 Å². The number of aromatic nitrogens is 1. The number of aliphatic carboxylic acids is 1. The van der Waals surface area contributed by atoms with Crippen molar-refractivity contribution in [3.63, 3.8) is 0 Å². The number of amides is 2. The maximum Gasteiger partial charge on any atom is 0.308 e. The molecule has 1 fully saturated rings. The number of hydrogen-bond acceptors (Lipinski definition) is 6. The summed E-state index contributed by atoms with van der Waals surface area (Å²) in [5, 5.41) is 12.9. The number of likely N-dealkylation sites (tertiary alicyclic amines) is 1. The SMILES string of the molecule is CC(=O)N1CC(C(=O)O)C(c2ccc(N(C)C(=O)Cc3ccc4nc(Nc5c(C)cccc5C)oc4c3)cc2)C1. The lowest BCUT2D eigenvalue weighted by molar-refractivity contribution is -0.141. The van der Waals surface area contributed by atoms with Crippen LogP contribution in [0.25, 0.3) is 11.1 Å². The van der Waals surface area contributed by atoms with E-state index < -0.39 is 11.9 Å². The van der Waals surface area contributed by atoms with Gasteiger partial charge in [0.1, 0.15) is 5.52 Å². The Morgan fingerprint density at radius 1 is 1.05 bits per heavy atom. The van der Waals surface area contributed by atoms with Crippen LogP contribution in [-0.4, -0.2) is 52.9 Å². The van der Waals surface area contributed by atoms with E-state index in [0.717, 1.165) is 27.9 Å². The van der Waals surface area contributed by atoms with Gasteiger partial charge in [0.05, 0.1) is 12.3 Å². The zero-order chi connectivity index (χ0) is 28.6. The Kier molecular flexibility index (Phi) is 7.30. The van der Waals surface area contributed by atoms with Crippen LogP contribution < -0.4 is 10.2 Å². The van der Waals surface area contributed by atoms with Crippen LogP contribution in [0.1, 0.15) is 35.1 Å². The van der Waals surface area contributed by atoms with E-state index in [0.29, 0.717) is 29.3 Å². The minimum Gasteiger partial charge on any atom is -0.481 e. The first-order chi connectivity index (χ1) is 19.1. The zero-order valence-electron chi connectivity index (χ0n) is 23.0. The number of para-hydroxylation sites is 1. The van der Waals surface area contributed by atoms with Gasteiger partial charge in [0.15, 0.2) is 5.58 Å². The molecule has 2 amide bonds. The molecular weight excluding hydrogens is 508 g/mol. The highest BCUT2D eigenvalue weighted by Crippen LogP contribution is 2.34. The lowest BCUT2D eigenvalue weighted by Gasteiger charge is -2.20. The molecule has 1 aromatic heterocycles. The van der Waals surface area contributed by atoms with Gasteiger partial charge in [-0.1, -0.05) is 36.4 Å². The van der Waals surface area contributed by atoms with Gasteiger partial charge in [0, 0.05) is 44.4 Å². The molecule has 9 nitrogen and oxygen atoms in total. The van der Waals surface area contributed by atoms with Crippen LogP contribution in [0.4, 0.5) is 17.4 Å². The number of nitrogens with zero attached hydrogens (tertiary/aromatic N) is 3. The van der Waals surface area contributed by atoms with Crippen molar-refractivity contribution in [1.29, 1.82) is 0 Å². The molecule has 2 unspecified atom stereocenters. The Balaban J connectivity index is 1.27. The third kappa shape index (κ3) is 5.40. The number of nitrogens with one attached hydrogen (secondary N) is 1. The van der Waals surface area contributed by atoms with Crippen molar-refractivity contribution >= 4 is 46.3 Å².